The van der Waals surface area contributed by atoms with Gasteiger partial charge in [0.15, 0.2) is 0 Å². The summed E-state index contributed by atoms with van der Waals surface area (Å²) in [6, 6.07) is 3.25. The van der Waals surface area contributed by atoms with Crippen LogP contribution in [-0.4, -0.2) is 11.6 Å². The summed E-state index contributed by atoms with van der Waals surface area (Å²) in [7, 11) is 0. The fourth-order valence-electron chi connectivity index (χ4n) is 1.01. The molecule has 1 rings (SSSR count). The van der Waals surface area contributed by atoms with E-state index in [1.54, 1.807) is 32.9 Å². The molecule has 1 heterocycles. The lowest BCUT2D eigenvalue weighted by Gasteiger charge is -2.18. The third-order valence-electron chi connectivity index (χ3n) is 1.54. The van der Waals surface area contributed by atoms with Crippen molar-refractivity contribution in [2.45, 2.75) is 32.8 Å². The largest absolute Gasteiger partial charge is 0.454 e. The molecule has 3 heteroatoms. The predicted molar refractivity (Wildman–Crippen MR) is 56.4 cm³/mol. The molecule has 0 bridgehead atoms. The van der Waals surface area contributed by atoms with Crippen LogP contribution in [-0.2, 0) is 11.2 Å². The maximum atomic E-state index is 11.5. The van der Waals surface area contributed by atoms with Crippen LogP contribution < -0.4 is 0 Å². The maximum absolute atomic E-state index is 11.5. The molecule has 0 aliphatic carbocycles. The highest BCUT2D eigenvalue weighted by molar-refractivity contribution is 5.86. The van der Waals surface area contributed by atoms with Crippen molar-refractivity contribution in [2.75, 3.05) is 0 Å². The summed E-state index contributed by atoms with van der Waals surface area (Å²) in [6.07, 6.45) is 5.50. The number of furan rings is 1. The van der Waals surface area contributed by atoms with Gasteiger partial charge in [0.1, 0.15) is 11.4 Å². The van der Waals surface area contributed by atoms with Gasteiger partial charge in [-0.1, -0.05) is 5.92 Å². The molecule has 0 fully saturated rings. The second-order valence-electron chi connectivity index (χ2n) is 4.15. The third-order valence-corrected chi connectivity index (χ3v) is 1.54. The number of hydrogen-bond acceptors (Lipinski definition) is 3. The number of carbonyl (C=O) groups excluding carboxylic acids is 1. The standard InChI is InChI=1S/C12H14O3/c1-5-6-9-7-8-10(14-9)11(13)15-12(2,3)4/h1,7-8H,6H2,2-4H3. The first-order valence-corrected chi connectivity index (χ1v) is 4.68. The van der Waals surface area contributed by atoms with Crippen molar-refractivity contribution in [2.24, 2.45) is 0 Å². The van der Waals surface area contributed by atoms with Crippen LogP contribution in [0, 0.1) is 12.3 Å². The van der Waals surface area contributed by atoms with E-state index in [1.165, 1.54) is 0 Å². The van der Waals surface area contributed by atoms with Gasteiger partial charge in [0.05, 0.1) is 6.42 Å². The lowest BCUT2D eigenvalue weighted by Crippen LogP contribution is -2.23. The first-order chi connectivity index (χ1) is 6.92. The van der Waals surface area contributed by atoms with Crippen LogP contribution in [0.4, 0.5) is 0 Å². The Balaban J connectivity index is 2.71. The average Bonchev–Trinajstić information content (AvgIpc) is 2.50. The van der Waals surface area contributed by atoms with E-state index in [0.29, 0.717) is 12.2 Å². The monoisotopic (exact) mass is 206 g/mol. The van der Waals surface area contributed by atoms with Crippen LogP contribution >= 0.6 is 0 Å². The minimum atomic E-state index is -0.518. The van der Waals surface area contributed by atoms with Crippen molar-refractivity contribution in [3.05, 3.63) is 23.7 Å². The smallest absolute Gasteiger partial charge is 0.374 e. The Bertz CT molecular complexity index is 388. The van der Waals surface area contributed by atoms with Gasteiger partial charge in [-0.05, 0) is 32.9 Å². The molecule has 80 valence electrons. The van der Waals surface area contributed by atoms with Gasteiger partial charge in [0, 0.05) is 0 Å². The second-order valence-corrected chi connectivity index (χ2v) is 4.15. The Morgan fingerprint density at radius 2 is 2.20 bits per heavy atom. The van der Waals surface area contributed by atoms with Crippen LogP contribution in [0.1, 0.15) is 37.1 Å². The highest BCUT2D eigenvalue weighted by Gasteiger charge is 2.20. The molecule has 0 amide bonds. The number of hydrogen-bond donors (Lipinski definition) is 0. The molecule has 15 heavy (non-hydrogen) atoms. The molecule has 0 saturated carbocycles. The quantitative estimate of drug-likeness (QED) is 0.551. The molecule has 0 saturated heterocycles. The Morgan fingerprint density at radius 1 is 1.53 bits per heavy atom. The van der Waals surface area contributed by atoms with Gasteiger partial charge < -0.3 is 9.15 Å². The minimum absolute atomic E-state index is 0.190. The summed E-state index contributed by atoms with van der Waals surface area (Å²) in [5, 5.41) is 0. The Morgan fingerprint density at radius 3 is 2.73 bits per heavy atom. The van der Waals surface area contributed by atoms with Gasteiger partial charge in [0.2, 0.25) is 5.76 Å². The molecular weight excluding hydrogens is 192 g/mol. The molecule has 3 nitrogen and oxygen atoms in total. The summed E-state index contributed by atoms with van der Waals surface area (Å²) in [6.45, 7) is 5.41. The van der Waals surface area contributed by atoms with Crippen molar-refractivity contribution in [1.82, 2.24) is 0 Å². The van der Waals surface area contributed by atoms with Gasteiger partial charge in [-0.3, -0.25) is 0 Å². The van der Waals surface area contributed by atoms with Crippen molar-refractivity contribution >= 4 is 5.97 Å². The van der Waals surface area contributed by atoms with Crippen LogP contribution in [0.2, 0.25) is 0 Å². The Kier molecular flexibility index (Phi) is 3.21. The van der Waals surface area contributed by atoms with Crippen LogP contribution in [0.25, 0.3) is 0 Å². The molecule has 0 aliphatic rings. The molecule has 1 aromatic rings. The van der Waals surface area contributed by atoms with E-state index in [2.05, 4.69) is 5.92 Å². The zero-order valence-corrected chi connectivity index (χ0v) is 9.16. The number of rotatable bonds is 2. The average molecular weight is 206 g/mol. The van der Waals surface area contributed by atoms with E-state index in [4.69, 9.17) is 15.6 Å². The number of ether oxygens (including phenoxy) is 1. The topological polar surface area (TPSA) is 39.4 Å². The molecular formula is C12H14O3. The van der Waals surface area contributed by atoms with Gasteiger partial charge >= 0.3 is 5.97 Å². The van der Waals surface area contributed by atoms with Crippen molar-refractivity contribution in [3.8, 4) is 12.3 Å². The van der Waals surface area contributed by atoms with E-state index >= 15 is 0 Å². The lowest BCUT2D eigenvalue weighted by molar-refractivity contribution is 0.00346. The molecule has 0 radical (unpaired) electrons. The number of carbonyl (C=O) groups is 1. The number of esters is 1. The summed E-state index contributed by atoms with van der Waals surface area (Å²) < 4.78 is 10.3. The normalized spacial score (nSPS) is 10.8. The van der Waals surface area contributed by atoms with E-state index < -0.39 is 11.6 Å². The highest BCUT2D eigenvalue weighted by Crippen LogP contribution is 2.14. The molecule has 0 atom stereocenters. The summed E-state index contributed by atoms with van der Waals surface area (Å²) >= 11 is 0. The Labute approximate surface area is 89.4 Å². The van der Waals surface area contributed by atoms with Crippen LogP contribution in [0.5, 0.6) is 0 Å². The molecule has 0 N–H and O–H groups in total. The van der Waals surface area contributed by atoms with Gasteiger partial charge in [0.25, 0.3) is 0 Å². The van der Waals surface area contributed by atoms with Crippen molar-refractivity contribution in [1.29, 1.82) is 0 Å². The van der Waals surface area contributed by atoms with E-state index in [-0.39, 0.29) is 5.76 Å². The second kappa shape index (κ2) is 4.22. The molecule has 0 unspecified atom stereocenters. The summed E-state index contributed by atoms with van der Waals surface area (Å²) in [5.74, 6) is 2.76. The van der Waals surface area contributed by atoms with Crippen LogP contribution in [0.15, 0.2) is 16.5 Å². The molecule has 1 aromatic heterocycles. The van der Waals surface area contributed by atoms with E-state index in [1.807, 2.05) is 0 Å². The van der Waals surface area contributed by atoms with Crippen molar-refractivity contribution in [3.63, 3.8) is 0 Å². The van der Waals surface area contributed by atoms with Gasteiger partial charge in [-0.25, -0.2) is 4.79 Å². The van der Waals surface area contributed by atoms with Crippen LogP contribution in [0.3, 0.4) is 0 Å². The minimum Gasteiger partial charge on any atom is -0.454 e. The SMILES string of the molecule is C#CCc1ccc(C(=O)OC(C)(C)C)o1. The zero-order chi connectivity index (χ0) is 11.5. The van der Waals surface area contributed by atoms with E-state index in [9.17, 15) is 4.79 Å². The summed E-state index contributed by atoms with van der Waals surface area (Å²) in [4.78, 5) is 11.5. The number of terminal acetylenes is 1. The third kappa shape index (κ3) is 3.51. The van der Waals surface area contributed by atoms with Gasteiger partial charge in [-0.2, -0.15) is 0 Å². The first-order valence-electron chi connectivity index (χ1n) is 4.68. The first kappa shape index (κ1) is 11.4. The Hall–Kier alpha value is -1.69. The predicted octanol–water partition coefficient (Wildman–Crippen LogP) is 2.41. The highest BCUT2D eigenvalue weighted by atomic mass is 16.6. The zero-order valence-electron chi connectivity index (χ0n) is 9.16. The van der Waals surface area contributed by atoms with E-state index in [0.717, 1.165) is 0 Å². The molecule has 0 spiro atoms. The summed E-state index contributed by atoms with van der Waals surface area (Å²) in [5.41, 5.74) is -0.518. The lowest BCUT2D eigenvalue weighted by atomic mass is 10.2. The van der Waals surface area contributed by atoms with Crippen molar-refractivity contribution < 1.29 is 13.9 Å². The molecule has 0 aliphatic heterocycles. The molecule has 0 aromatic carbocycles. The van der Waals surface area contributed by atoms with Gasteiger partial charge in [-0.15, -0.1) is 6.42 Å². The fraction of sp³-hybridized carbons (Fsp3) is 0.417. The fourth-order valence-corrected chi connectivity index (χ4v) is 1.01. The maximum Gasteiger partial charge on any atom is 0.374 e.